The minimum absolute atomic E-state index is 0.0433. The zero-order chi connectivity index (χ0) is 14.4. The average molecular weight is 280 g/mol. The molecule has 4 nitrogen and oxygen atoms in total. The summed E-state index contributed by atoms with van der Waals surface area (Å²) >= 11 is 0. The van der Waals surface area contributed by atoms with Gasteiger partial charge in [-0.05, 0) is 57.1 Å². The van der Waals surface area contributed by atoms with E-state index >= 15 is 0 Å². The van der Waals surface area contributed by atoms with Crippen molar-refractivity contribution in [3.8, 4) is 5.75 Å². The van der Waals surface area contributed by atoms with Crippen molar-refractivity contribution in [2.45, 2.75) is 25.8 Å². The number of carbonyl (C=O) groups excluding carboxylic acids is 1. The highest BCUT2D eigenvalue weighted by atomic mass is 19.1. The molecule has 20 heavy (non-hydrogen) atoms. The molecule has 1 aliphatic rings. The summed E-state index contributed by atoms with van der Waals surface area (Å²) in [4.78, 5) is 14.1. The number of rotatable bonds is 6. The van der Waals surface area contributed by atoms with Crippen LogP contribution >= 0.6 is 0 Å². The van der Waals surface area contributed by atoms with Crippen LogP contribution in [-0.2, 0) is 4.79 Å². The van der Waals surface area contributed by atoms with Crippen LogP contribution in [-0.4, -0.2) is 43.1 Å². The molecule has 0 aromatic heterocycles. The van der Waals surface area contributed by atoms with Crippen molar-refractivity contribution in [2.24, 2.45) is 0 Å². The van der Waals surface area contributed by atoms with E-state index in [1.54, 1.807) is 0 Å². The normalized spacial score (nSPS) is 16.9. The van der Waals surface area contributed by atoms with Gasteiger partial charge >= 0.3 is 0 Å². The quantitative estimate of drug-likeness (QED) is 0.864. The summed E-state index contributed by atoms with van der Waals surface area (Å²) in [7, 11) is 0. The zero-order valence-electron chi connectivity index (χ0n) is 11.8. The SMILES string of the molecule is CC(CNC(=O)COc1ccc(F)cc1)N1CCCC1. The van der Waals surface area contributed by atoms with Crippen molar-refractivity contribution < 1.29 is 13.9 Å². The maximum atomic E-state index is 12.7. The van der Waals surface area contributed by atoms with E-state index in [9.17, 15) is 9.18 Å². The van der Waals surface area contributed by atoms with Gasteiger partial charge in [-0.1, -0.05) is 0 Å². The number of carbonyl (C=O) groups is 1. The second-order valence-electron chi connectivity index (χ2n) is 5.14. The van der Waals surface area contributed by atoms with Gasteiger partial charge in [0.2, 0.25) is 0 Å². The molecule has 1 fully saturated rings. The van der Waals surface area contributed by atoms with E-state index in [0.717, 1.165) is 13.1 Å². The lowest BCUT2D eigenvalue weighted by Gasteiger charge is -2.23. The van der Waals surface area contributed by atoms with Gasteiger partial charge in [-0.2, -0.15) is 0 Å². The Bertz CT molecular complexity index is 430. The summed E-state index contributed by atoms with van der Waals surface area (Å²) < 4.78 is 18.0. The first-order valence-electron chi connectivity index (χ1n) is 7.04. The molecule has 0 spiro atoms. The highest BCUT2D eigenvalue weighted by Crippen LogP contribution is 2.11. The van der Waals surface area contributed by atoms with Gasteiger partial charge in [0.05, 0.1) is 0 Å². The Labute approximate surface area is 118 Å². The zero-order valence-corrected chi connectivity index (χ0v) is 11.8. The van der Waals surface area contributed by atoms with E-state index in [4.69, 9.17) is 4.74 Å². The number of halogens is 1. The molecule has 110 valence electrons. The van der Waals surface area contributed by atoms with Gasteiger partial charge in [-0.25, -0.2) is 4.39 Å². The average Bonchev–Trinajstić information content (AvgIpc) is 2.98. The van der Waals surface area contributed by atoms with Crippen molar-refractivity contribution in [1.82, 2.24) is 10.2 Å². The molecule has 1 aliphatic heterocycles. The molecule has 1 aromatic rings. The molecule has 0 aliphatic carbocycles. The summed E-state index contributed by atoms with van der Waals surface area (Å²) in [5.41, 5.74) is 0. The first-order valence-corrected chi connectivity index (χ1v) is 7.04. The second-order valence-corrected chi connectivity index (χ2v) is 5.14. The monoisotopic (exact) mass is 280 g/mol. The largest absolute Gasteiger partial charge is 0.484 e. The minimum Gasteiger partial charge on any atom is -0.484 e. The van der Waals surface area contributed by atoms with Gasteiger partial charge < -0.3 is 10.1 Å². The van der Waals surface area contributed by atoms with Crippen molar-refractivity contribution in [3.05, 3.63) is 30.1 Å². The Morgan fingerprint density at radius 3 is 2.65 bits per heavy atom. The molecule has 1 amide bonds. The predicted molar refractivity (Wildman–Crippen MR) is 75.2 cm³/mol. The fourth-order valence-corrected chi connectivity index (χ4v) is 2.30. The Morgan fingerprint density at radius 2 is 2.00 bits per heavy atom. The third-order valence-electron chi connectivity index (χ3n) is 3.54. The Hall–Kier alpha value is -1.62. The van der Waals surface area contributed by atoms with Gasteiger partial charge in [-0.15, -0.1) is 0 Å². The van der Waals surface area contributed by atoms with Crippen LogP contribution in [0.3, 0.4) is 0 Å². The number of hydrogen-bond donors (Lipinski definition) is 1. The number of amides is 1. The van der Waals surface area contributed by atoms with E-state index in [-0.39, 0.29) is 18.3 Å². The molecule has 1 saturated heterocycles. The van der Waals surface area contributed by atoms with Crippen LogP contribution in [0.1, 0.15) is 19.8 Å². The van der Waals surface area contributed by atoms with Crippen molar-refractivity contribution in [1.29, 1.82) is 0 Å². The van der Waals surface area contributed by atoms with Crippen LogP contribution < -0.4 is 10.1 Å². The van der Waals surface area contributed by atoms with E-state index in [2.05, 4.69) is 17.1 Å². The lowest BCUT2D eigenvalue weighted by atomic mass is 10.3. The fraction of sp³-hybridized carbons (Fsp3) is 0.533. The van der Waals surface area contributed by atoms with Crippen molar-refractivity contribution in [2.75, 3.05) is 26.2 Å². The second kappa shape index (κ2) is 7.24. The molecular formula is C15H21FN2O2. The van der Waals surface area contributed by atoms with Crippen molar-refractivity contribution >= 4 is 5.91 Å². The molecule has 0 bridgehead atoms. The summed E-state index contributed by atoms with van der Waals surface area (Å²) in [6, 6.07) is 5.99. The molecular weight excluding hydrogens is 259 g/mol. The fourth-order valence-electron chi connectivity index (χ4n) is 2.30. The lowest BCUT2D eigenvalue weighted by molar-refractivity contribution is -0.123. The standard InChI is InChI=1S/C15H21FN2O2/c1-12(18-8-2-3-9-18)10-17-15(19)11-20-14-6-4-13(16)5-7-14/h4-7,12H,2-3,8-11H2,1H3,(H,17,19). The first kappa shape index (κ1) is 14.8. The molecule has 0 saturated carbocycles. The van der Waals surface area contributed by atoms with Gasteiger partial charge in [0.1, 0.15) is 11.6 Å². The third kappa shape index (κ3) is 4.49. The lowest BCUT2D eigenvalue weighted by Crippen LogP contribution is -2.42. The predicted octanol–water partition coefficient (Wildman–Crippen LogP) is 1.80. The van der Waals surface area contributed by atoms with Crippen LogP contribution in [0.25, 0.3) is 0 Å². The summed E-state index contributed by atoms with van der Waals surface area (Å²) in [5.74, 6) is 0.0238. The van der Waals surface area contributed by atoms with Gasteiger partial charge in [0.15, 0.2) is 6.61 Å². The minimum atomic E-state index is -0.318. The van der Waals surface area contributed by atoms with Gasteiger partial charge in [-0.3, -0.25) is 9.69 Å². The maximum Gasteiger partial charge on any atom is 0.257 e. The molecule has 1 N–H and O–H groups in total. The van der Waals surface area contributed by atoms with Crippen LogP contribution in [0, 0.1) is 5.82 Å². The summed E-state index contributed by atoms with van der Waals surface area (Å²) in [6.45, 7) is 4.93. The maximum absolute atomic E-state index is 12.7. The summed E-state index contributed by atoms with van der Waals surface area (Å²) in [6.07, 6.45) is 2.48. The Kier molecular flexibility index (Phi) is 5.35. The molecule has 1 aromatic carbocycles. The van der Waals surface area contributed by atoms with Crippen molar-refractivity contribution in [3.63, 3.8) is 0 Å². The number of hydrogen-bond acceptors (Lipinski definition) is 3. The molecule has 1 atom stereocenters. The topological polar surface area (TPSA) is 41.6 Å². The Balaban J connectivity index is 1.66. The molecule has 2 rings (SSSR count). The van der Waals surface area contributed by atoms with Crippen LogP contribution in [0.4, 0.5) is 4.39 Å². The smallest absolute Gasteiger partial charge is 0.257 e. The third-order valence-corrected chi connectivity index (χ3v) is 3.54. The summed E-state index contributed by atoms with van der Waals surface area (Å²) in [5, 5.41) is 2.86. The van der Waals surface area contributed by atoms with Crippen LogP contribution in [0.5, 0.6) is 5.75 Å². The molecule has 1 unspecified atom stereocenters. The molecule has 5 heteroatoms. The van der Waals surface area contributed by atoms with Crippen LogP contribution in [0.15, 0.2) is 24.3 Å². The van der Waals surface area contributed by atoms with Gasteiger partial charge in [0, 0.05) is 12.6 Å². The number of benzene rings is 1. The first-order chi connectivity index (χ1) is 9.65. The number of nitrogens with one attached hydrogen (secondary N) is 1. The molecule has 0 radical (unpaired) electrons. The van der Waals surface area contributed by atoms with E-state index in [1.165, 1.54) is 37.1 Å². The number of ether oxygens (including phenoxy) is 1. The van der Waals surface area contributed by atoms with Gasteiger partial charge in [0.25, 0.3) is 5.91 Å². The Morgan fingerprint density at radius 1 is 1.35 bits per heavy atom. The van der Waals surface area contributed by atoms with E-state index < -0.39 is 0 Å². The van der Waals surface area contributed by atoms with E-state index in [0.29, 0.717) is 18.3 Å². The molecule has 1 heterocycles. The highest BCUT2D eigenvalue weighted by molar-refractivity contribution is 5.77. The number of nitrogens with zero attached hydrogens (tertiary/aromatic N) is 1. The van der Waals surface area contributed by atoms with E-state index in [1.807, 2.05) is 0 Å². The number of likely N-dealkylation sites (tertiary alicyclic amines) is 1. The van der Waals surface area contributed by atoms with Crippen LogP contribution in [0.2, 0.25) is 0 Å². The highest BCUT2D eigenvalue weighted by Gasteiger charge is 2.18.